The second-order valence-electron chi connectivity index (χ2n) is 12.6. The minimum Gasteiger partial charge on any atom is -0.383 e. The number of hydrogen-bond acceptors (Lipinski definition) is 9. The molecule has 3 aromatic heterocycles. The predicted molar refractivity (Wildman–Crippen MR) is 193 cm³/mol. The highest BCUT2D eigenvalue weighted by atomic mass is 32.2. The quantitative estimate of drug-likeness (QED) is 0.226. The van der Waals surface area contributed by atoms with Crippen LogP contribution < -0.4 is 16.4 Å². The molecule has 49 heavy (non-hydrogen) atoms. The van der Waals surface area contributed by atoms with Gasteiger partial charge in [0.15, 0.2) is 0 Å². The molecule has 1 saturated heterocycles. The molecule has 4 heterocycles. The first-order chi connectivity index (χ1) is 23.9. The van der Waals surface area contributed by atoms with Crippen molar-refractivity contribution >= 4 is 34.3 Å². The summed E-state index contributed by atoms with van der Waals surface area (Å²) < 4.78 is 14.9. The maximum absolute atomic E-state index is 12.9. The fourth-order valence-electron chi connectivity index (χ4n) is 5.50. The molecule has 3 fully saturated rings. The average molecular weight is 678 g/mol. The Morgan fingerprint density at radius 1 is 0.878 bits per heavy atom. The summed E-state index contributed by atoms with van der Waals surface area (Å²) in [5.41, 5.74) is 10.1. The number of nitrogen functional groups attached to an aromatic ring is 1. The van der Waals surface area contributed by atoms with Gasteiger partial charge in [0.05, 0.1) is 16.2 Å². The molecule has 7 rings (SSSR count). The molecule has 12 heteroatoms. The molecule has 1 amide bonds. The van der Waals surface area contributed by atoms with E-state index in [0.717, 1.165) is 50.3 Å². The summed E-state index contributed by atoms with van der Waals surface area (Å²) in [6.45, 7) is 3.28. The third-order valence-electron chi connectivity index (χ3n) is 8.64. The van der Waals surface area contributed by atoms with Crippen molar-refractivity contribution in [2.45, 2.75) is 62.3 Å². The second-order valence-corrected chi connectivity index (χ2v) is 14.1. The lowest BCUT2D eigenvalue weighted by Gasteiger charge is -2.31. The van der Waals surface area contributed by atoms with E-state index in [-0.39, 0.29) is 11.7 Å². The van der Waals surface area contributed by atoms with Gasteiger partial charge in [-0.15, -0.1) is 0 Å². The Hall–Kier alpha value is -4.70. The van der Waals surface area contributed by atoms with Crippen LogP contribution in [0.25, 0.3) is 11.3 Å². The Morgan fingerprint density at radius 2 is 1.59 bits per heavy atom. The number of carbonyl (C=O) groups excluding carboxylic acids is 1. The number of amides is 1. The molecule has 1 unspecified atom stereocenters. The van der Waals surface area contributed by atoms with Gasteiger partial charge >= 0.3 is 0 Å². The van der Waals surface area contributed by atoms with Crippen LogP contribution in [-0.4, -0.2) is 78.5 Å². The van der Waals surface area contributed by atoms with Crippen molar-refractivity contribution in [3.63, 3.8) is 0 Å². The van der Waals surface area contributed by atoms with Gasteiger partial charge in [-0.2, -0.15) is 4.98 Å². The van der Waals surface area contributed by atoms with Gasteiger partial charge in [0.25, 0.3) is 5.91 Å². The number of anilines is 3. The summed E-state index contributed by atoms with van der Waals surface area (Å²) in [5.74, 6) is 6.63. The molecule has 4 aromatic rings. The predicted octanol–water partition coefficient (Wildman–Crippen LogP) is 5.16. The molecule has 4 N–H and O–H groups in total. The molecular formula is C37H43N9O2S. The minimum atomic E-state index is -1.25. The lowest BCUT2D eigenvalue weighted by molar-refractivity contribution is 0.0951. The molecule has 11 nitrogen and oxygen atoms in total. The fraction of sp³-hybridized carbons (Fsp3) is 0.378. The minimum absolute atomic E-state index is 0.0946. The lowest BCUT2D eigenvalue weighted by atomic mass is 10.0. The Bertz CT molecular complexity index is 1800. The summed E-state index contributed by atoms with van der Waals surface area (Å²) in [5, 5.41) is 6.13. The molecule has 2 aliphatic carbocycles. The number of aromatic nitrogens is 4. The van der Waals surface area contributed by atoms with Crippen molar-refractivity contribution in [3.8, 4) is 23.1 Å². The molecule has 0 spiro atoms. The number of pyridine rings is 2. The standard InChI is InChI=1S/C31H31N9O2S.C6H12/c1-39-14-16-40(17-15-39)43(42)26-10-11-28(34-19-26)27-20-35-31(38-29(27)32)37-24-5-2-21(3-6-24)4-7-25-18-22(12-13-33-25)30(41)36-23-8-9-23;1-2-4-6-5-3-1/h2-3,5-6,10-13,18-20,23H,8-9,14-17H2,1H3,(H,36,41)(H3,32,35,37,38);1-6H2. The van der Waals surface area contributed by atoms with Gasteiger partial charge in [-0.1, -0.05) is 44.4 Å². The van der Waals surface area contributed by atoms with Crippen LogP contribution in [0.5, 0.6) is 0 Å². The van der Waals surface area contributed by atoms with E-state index in [1.54, 1.807) is 36.8 Å². The molecule has 254 valence electrons. The van der Waals surface area contributed by atoms with Crippen LogP contribution in [0.15, 0.2) is 72.0 Å². The highest BCUT2D eigenvalue weighted by molar-refractivity contribution is 7.82. The van der Waals surface area contributed by atoms with E-state index in [0.29, 0.717) is 39.4 Å². The van der Waals surface area contributed by atoms with E-state index < -0.39 is 11.0 Å². The maximum atomic E-state index is 12.9. The Kier molecular flexibility index (Phi) is 11.6. The number of carbonyl (C=O) groups is 1. The summed E-state index contributed by atoms with van der Waals surface area (Å²) >= 11 is 0. The topological polar surface area (TPSA) is 142 Å². The Morgan fingerprint density at radius 3 is 2.22 bits per heavy atom. The number of nitrogens with two attached hydrogens (primary N) is 1. The molecule has 2 saturated carbocycles. The molecular weight excluding hydrogens is 635 g/mol. The largest absolute Gasteiger partial charge is 0.383 e. The first-order valence-electron chi connectivity index (χ1n) is 17.0. The van der Waals surface area contributed by atoms with Crippen molar-refractivity contribution < 1.29 is 9.00 Å². The zero-order valence-corrected chi connectivity index (χ0v) is 28.7. The maximum Gasteiger partial charge on any atom is 0.251 e. The molecule has 0 bridgehead atoms. The van der Waals surface area contributed by atoms with E-state index >= 15 is 0 Å². The van der Waals surface area contributed by atoms with Gasteiger partial charge in [-0.3, -0.25) is 9.78 Å². The summed E-state index contributed by atoms with van der Waals surface area (Å²) in [7, 11) is 0.814. The van der Waals surface area contributed by atoms with Gasteiger partial charge in [0.2, 0.25) is 5.95 Å². The normalized spacial score (nSPS) is 17.1. The summed E-state index contributed by atoms with van der Waals surface area (Å²) in [6, 6.07) is 14.8. The zero-order chi connectivity index (χ0) is 34.0. The van der Waals surface area contributed by atoms with Crippen LogP contribution >= 0.6 is 0 Å². The molecule has 1 aliphatic heterocycles. The van der Waals surface area contributed by atoms with E-state index in [9.17, 15) is 9.00 Å². The van der Waals surface area contributed by atoms with E-state index in [1.165, 1.54) is 38.5 Å². The molecule has 1 atom stereocenters. The highest BCUT2D eigenvalue weighted by Gasteiger charge is 2.24. The Labute approximate surface area is 290 Å². The number of nitrogens with one attached hydrogen (secondary N) is 2. The average Bonchev–Trinajstić information content (AvgIpc) is 3.97. The van der Waals surface area contributed by atoms with Crippen molar-refractivity contribution in [3.05, 3.63) is 83.9 Å². The second kappa shape index (κ2) is 16.6. The van der Waals surface area contributed by atoms with Gasteiger partial charge in [0.1, 0.15) is 22.5 Å². The van der Waals surface area contributed by atoms with Gasteiger partial charge in [0, 0.05) is 67.6 Å². The fourth-order valence-corrected chi connectivity index (χ4v) is 6.62. The van der Waals surface area contributed by atoms with E-state index in [1.807, 2.05) is 34.6 Å². The highest BCUT2D eigenvalue weighted by Crippen LogP contribution is 2.25. The van der Waals surface area contributed by atoms with Crippen molar-refractivity contribution in [2.24, 2.45) is 0 Å². The first kappa shape index (κ1) is 34.2. The van der Waals surface area contributed by atoms with Crippen LogP contribution in [0.3, 0.4) is 0 Å². The number of rotatable bonds is 7. The smallest absolute Gasteiger partial charge is 0.251 e. The SMILES string of the molecule is C1CCCCC1.CN1CCN(S(=O)c2ccc(-c3cnc(Nc4ccc(C#Cc5cc(C(=O)NC6CC6)ccn5)cc4)nc3N)nc2)CC1. The van der Waals surface area contributed by atoms with E-state index in [4.69, 9.17) is 5.73 Å². The van der Waals surface area contributed by atoms with Crippen molar-refractivity contribution in [1.29, 1.82) is 0 Å². The molecule has 3 aliphatic rings. The third-order valence-corrected chi connectivity index (χ3v) is 10.1. The lowest BCUT2D eigenvalue weighted by Crippen LogP contribution is -2.45. The van der Waals surface area contributed by atoms with E-state index in [2.05, 4.69) is 54.4 Å². The van der Waals surface area contributed by atoms with Gasteiger partial charge in [-0.25, -0.2) is 18.5 Å². The number of piperazine rings is 1. The summed E-state index contributed by atoms with van der Waals surface area (Å²) in [4.78, 5) is 32.7. The van der Waals surface area contributed by atoms with Gasteiger partial charge < -0.3 is 21.3 Å². The number of nitrogens with zero attached hydrogens (tertiary/aromatic N) is 6. The number of benzene rings is 1. The van der Waals surface area contributed by atoms with Crippen LogP contribution in [0, 0.1) is 11.8 Å². The number of likely N-dealkylation sites (N-methyl/N-ethyl adjacent to an activating group) is 1. The zero-order valence-electron chi connectivity index (χ0n) is 27.9. The van der Waals surface area contributed by atoms with Crippen molar-refractivity contribution in [1.82, 2.24) is 34.5 Å². The monoisotopic (exact) mass is 677 g/mol. The van der Waals surface area contributed by atoms with Crippen LogP contribution in [0.4, 0.5) is 17.5 Å². The van der Waals surface area contributed by atoms with Crippen LogP contribution in [-0.2, 0) is 11.0 Å². The third kappa shape index (κ3) is 9.92. The first-order valence-corrected chi connectivity index (χ1v) is 18.1. The number of hydrogen-bond donors (Lipinski definition) is 3. The van der Waals surface area contributed by atoms with Crippen LogP contribution in [0.2, 0.25) is 0 Å². The molecule has 0 radical (unpaired) electrons. The molecule has 1 aromatic carbocycles. The summed E-state index contributed by atoms with van der Waals surface area (Å²) in [6.07, 6.45) is 15.9. The van der Waals surface area contributed by atoms with Crippen molar-refractivity contribution in [2.75, 3.05) is 44.3 Å². The van der Waals surface area contributed by atoms with Crippen LogP contribution in [0.1, 0.15) is 73.0 Å². The van der Waals surface area contributed by atoms with Gasteiger partial charge in [-0.05, 0) is 74.3 Å². The Balaban J connectivity index is 0.000000628.